The normalized spacial score (nSPS) is 39.5. The van der Waals surface area contributed by atoms with Crippen LogP contribution in [0, 0.1) is 57.7 Å². The second-order valence-corrected chi connectivity index (χ2v) is 16.3. The minimum atomic E-state index is 0.307. The lowest BCUT2D eigenvalue weighted by atomic mass is 9.42. The van der Waals surface area contributed by atoms with Crippen molar-refractivity contribution in [2.24, 2.45) is 57.7 Å². The molecular weight excluding hydrogens is 464 g/mol. The van der Waals surface area contributed by atoms with E-state index in [1.807, 2.05) is 0 Å². The van der Waals surface area contributed by atoms with Crippen LogP contribution in [-0.4, -0.2) is 0 Å². The van der Waals surface area contributed by atoms with E-state index in [-0.39, 0.29) is 0 Å². The van der Waals surface area contributed by atoms with Crippen molar-refractivity contribution >= 4 is 11.8 Å². The van der Waals surface area contributed by atoms with E-state index < -0.39 is 0 Å². The van der Waals surface area contributed by atoms with Gasteiger partial charge in [0, 0.05) is 5.75 Å². The molecule has 4 aliphatic carbocycles. The van der Waals surface area contributed by atoms with Crippen LogP contribution in [0.25, 0.3) is 0 Å². The second-order valence-electron chi connectivity index (χ2n) is 15.3. The highest BCUT2D eigenvalue weighted by molar-refractivity contribution is 8.02. The van der Waals surface area contributed by atoms with Crippen LogP contribution in [-0.2, 0) is 5.75 Å². The zero-order chi connectivity index (χ0) is 26.4. The Hall–Kier alpha value is -0.690. The molecule has 0 N–H and O–H groups in total. The maximum atomic E-state index is 2.75. The molecule has 0 bridgehead atoms. The average molecular weight is 521 g/mol. The van der Waals surface area contributed by atoms with Gasteiger partial charge in [-0.1, -0.05) is 104 Å². The molecule has 3 fully saturated rings. The molecule has 0 aromatic heterocycles. The van der Waals surface area contributed by atoms with Crippen LogP contribution in [0.5, 0.6) is 0 Å². The first-order valence-corrected chi connectivity index (χ1v) is 16.9. The van der Waals surface area contributed by atoms with Crippen molar-refractivity contribution in [1.29, 1.82) is 0 Å². The van der Waals surface area contributed by atoms with Crippen LogP contribution in [0.3, 0.4) is 0 Å². The lowest BCUT2D eigenvalue weighted by Crippen LogP contribution is -2.56. The van der Waals surface area contributed by atoms with E-state index in [0.717, 1.165) is 47.2 Å². The van der Waals surface area contributed by atoms with Crippen molar-refractivity contribution in [3.05, 3.63) is 46.9 Å². The van der Waals surface area contributed by atoms with E-state index in [1.54, 1.807) is 4.91 Å². The molecule has 0 spiro atoms. The van der Waals surface area contributed by atoms with Crippen molar-refractivity contribution in [3.8, 4) is 0 Å². The lowest BCUT2D eigenvalue weighted by molar-refractivity contribution is -0.123. The number of thioether (sulfide) groups is 1. The van der Waals surface area contributed by atoms with Gasteiger partial charge in [0.15, 0.2) is 0 Å². The Bertz CT molecular complexity index is 943. The summed E-state index contributed by atoms with van der Waals surface area (Å²) < 4.78 is 0. The summed E-state index contributed by atoms with van der Waals surface area (Å²) in [7, 11) is 0. The van der Waals surface area contributed by atoms with Crippen molar-refractivity contribution in [3.63, 3.8) is 0 Å². The van der Waals surface area contributed by atoms with Crippen molar-refractivity contribution < 1.29 is 0 Å². The number of rotatable bonds is 8. The fraction of sp³-hybridized carbons (Fsp3) is 0.778. The molecule has 1 aromatic rings. The molecule has 3 saturated carbocycles. The number of fused-ring (bicyclic) bond motifs is 5. The fourth-order valence-electron chi connectivity index (χ4n) is 10.7. The van der Waals surface area contributed by atoms with Gasteiger partial charge in [-0.05, 0) is 113 Å². The first kappa shape index (κ1) is 27.9. The van der Waals surface area contributed by atoms with Gasteiger partial charge in [-0.3, -0.25) is 0 Å². The summed E-state index contributed by atoms with van der Waals surface area (Å²) in [6, 6.07) is 11.1. The smallest absolute Gasteiger partial charge is 0.0228 e. The van der Waals surface area contributed by atoms with E-state index >= 15 is 0 Å². The molecule has 1 heteroatoms. The average Bonchev–Trinajstić information content (AvgIpc) is 3.21. The van der Waals surface area contributed by atoms with Crippen LogP contribution in [0.1, 0.15) is 118 Å². The van der Waals surface area contributed by atoms with Crippen LogP contribution in [0.4, 0.5) is 0 Å². The number of hydrogen-bond acceptors (Lipinski definition) is 1. The number of allylic oxidation sites excluding steroid dienone is 2. The van der Waals surface area contributed by atoms with Crippen LogP contribution < -0.4 is 0 Å². The van der Waals surface area contributed by atoms with Gasteiger partial charge in [0.05, 0.1) is 0 Å². The van der Waals surface area contributed by atoms with Crippen molar-refractivity contribution in [1.82, 2.24) is 0 Å². The Morgan fingerprint density at radius 3 is 2.30 bits per heavy atom. The summed E-state index contributed by atoms with van der Waals surface area (Å²) in [6.45, 7) is 18.1. The van der Waals surface area contributed by atoms with Gasteiger partial charge >= 0.3 is 0 Å². The molecule has 37 heavy (non-hydrogen) atoms. The van der Waals surface area contributed by atoms with E-state index in [1.165, 1.54) is 69.8 Å². The van der Waals surface area contributed by atoms with E-state index in [2.05, 4.69) is 96.6 Å². The molecular formula is C36H56S. The largest absolute Gasteiger partial charge is 0.126 e. The standard InChI is InChI=1S/C36H56S/c1-25(2)12-11-13-26(3)29-17-18-30-28-16-19-32-34(4,5)33(37-24-27-14-9-8-10-15-27)21-23-36(32,7)31(28)20-22-35(29,30)6/h8-10,14-15,21,25-26,28-32H,11-13,16-20,22-24H2,1-7H3/t26-,28+,29-,30+,31+,32+,35-,36-/m1/s1. The van der Waals surface area contributed by atoms with Gasteiger partial charge < -0.3 is 0 Å². The molecule has 5 rings (SSSR count). The van der Waals surface area contributed by atoms with Gasteiger partial charge in [-0.25, -0.2) is 0 Å². The second kappa shape index (κ2) is 10.7. The van der Waals surface area contributed by atoms with Gasteiger partial charge in [0.1, 0.15) is 0 Å². The van der Waals surface area contributed by atoms with Crippen LogP contribution >= 0.6 is 11.8 Å². The van der Waals surface area contributed by atoms with Gasteiger partial charge in [0.2, 0.25) is 0 Å². The van der Waals surface area contributed by atoms with Crippen molar-refractivity contribution in [2.75, 3.05) is 0 Å². The minimum absolute atomic E-state index is 0.307. The molecule has 0 radical (unpaired) electrons. The number of hydrogen-bond donors (Lipinski definition) is 0. The zero-order valence-electron chi connectivity index (χ0n) is 25.2. The van der Waals surface area contributed by atoms with E-state index in [0.29, 0.717) is 16.2 Å². The highest BCUT2D eigenvalue weighted by atomic mass is 32.2. The van der Waals surface area contributed by atoms with Gasteiger partial charge in [0.25, 0.3) is 0 Å². The minimum Gasteiger partial charge on any atom is -0.126 e. The third kappa shape index (κ3) is 5.02. The predicted octanol–water partition coefficient (Wildman–Crippen LogP) is 11.2. The Kier molecular flexibility index (Phi) is 8.06. The summed E-state index contributed by atoms with van der Waals surface area (Å²) in [4.78, 5) is 1.68. The first-order chi connectivity index (χ1) is 17.6. The maximum Gasteiger partial charge on any atom is 0.0228 e. The SMILES string of the molecule is CC(C)CCC[C@@H](C)[C@H]1CC[C@H]2[C@@H]3CC[C@H]4C(C)(C)C(SCc5ccccc5)=CC[C@]4(C)[C@H]3CC[C@]12C. The molecule has 0 unspecified atom stereocenters. The molecule has 1 aromatic carbocycles. The van der Waals surface area contributed by atoms with Gasteiger partial charge in [-0.15, -0.1) is 11.8 Å². The summed E-state index contributed by atoms with van der Waals surface area (Å²) in [5.74, 6) is 7.60. The highest BCUT2D eigenvalue weighted by Crippen LogP contribution is 2.70. The zero-order valence-corrected chi connectivity index (χ0v) is 26.0. The van der Waals surface area contributed by atoms with E-state index in [9.17, 15) is 0 Å². The predicted molar refractivity (Wildman–Crippen MR) is 163 cm³/mol. The van der Waals surface area contributed by atoms with Crippen LogP contribution in [0.15, 0.2) is 41.3 Å². The molecule has 0 heterocycles. The fourth-order valence-corrected chi connectivity index (χ4v) is 11.9. The molecule has 0 saturated heterocycles. The molecule has 8 atom stereocenters. The summed E-state index contributed by atoms with van der Waals surface area (Å²) in [5.41, 5.74) is 2.87. The maximum absolute atomic E-state index is 2.75. The first-order valence-electron chi connectivity index (χ1n) is 15.9. The van der Waals surface area contributed by atoms with Crippen molar-refractivity contribution in [2.45, 2.75) is 118 Å². The third-order valence-corrected chi connectivity index (χ3v) is 14.0. The number of benzene rings is 1. The Labute approximate surface area is 234 Å². The third-order valence-electron chi connectivity index (χ3n) is 12.5. The van der Waals surface area contributed by atoms with Gasteiger partial charge in [-0.2, -0.15) is 0 Å². The monoisotopic (exact) mass is 520 g/mol. The molecule has 206 valence electrons. The summed E-state index contributed by atoms with van der Waals surface area (Å²) in [5, 5.41) is 0. The summed E-state index contributed by atoms with van der Waals surface area (Å²) >= 11 is 2.13. The Morgan fingerprint density at radius 1 is 0.838 bits per heavy atom. The molecule has 0 aliphatic heterocycles. The molecule has 4 aliphatic rings. The molecule has 0 amide bonds. The quantitative estimate of drug-likeness (QED) is 0.328. The Balaban J connectivity index is 1.30. The summed E-state index contributed by atoms with van der Waals surface area (Å²) in [6.07, 6.45) is 17.3. The highest BCUT2D eigenvalue weighted by Gasteiger charge is 2.62. The Morgan fingerprint density at radius 2 is 1.57 bits per heavy atom. The van der Waals surface area contributed by atoms with Crippen LogP contribution in [0.2, 0.25) is 0 Å². The van der Waals surface area contributed by atoms with E-state index in [4.69, 9.17) is 0 Å². The topological polar surface area (TPSA) is 0 Å². The lowest BCUT2D eigenvalue weighted by Gasteiger charge is -2.63. The molecule has 0 nitrogen and oxygen atoms in total.